The van der Waals surface area contributed by atoms with Crippen LogP contribution in [0.1, 0.15) is 24.1 Å². The summed E-state index contributed by atoms with van der Waals surface area (Å²) in [5, 5.41) is 3.08. The van der Waals surface area contributed by atoms with Gasteiger partial charge in [-0.05, 0) is 46.6 Å². The van der Waals surface area contributed by atoms with Gasteiger partial charge in [0.2, 0.25) is 0 Å². The SMILES string of the molecule is CC(NCc1c(F)ccc(Br)c1F)c1cccnc1. The Morgan fingerprint density at radius 1 is 1.32 bits per heavy atom. The maximum atomic E-state index is 13.8. The second-order valence-electron chi connectivity index (χ2n) is 4.21. The van der Waals surface area contributed by atoms with Gasteiger partial charge in [-0.2, -0.15) is 0 Å². The third kappa shape index (κ3) is 3.36. The van der Waals surface area contributed by atoms with E-state index in [1.807, 2.05) is 19.1 Å². The van der Waals surface area contributed by atoms with Gasteiger partial charge in [0.15, 0.2) is 0 Å². The van der Waals surface area contributed by atoms with Crippen LogP contribution in [0.4, 0.5) is 8.78 Å². The summed E-state index contributed by atoms with van der Waals surface area (Å²) >= 11 is 3.05. The standard InChI is InChI=1S/C14H13BrF2N2/c1-9(10-3-2-6-18-7-10)19-8-11-13(16)5-4-12(15)14(11)17/h2-7,9,19H,8H2,1H3. The summed E-state index contributed by atoms with van der Waals surface area (Å²) in [6, 6.07) is 6.32. The van der Waals surface area contributed by atoms with Crippen LogP contribution >= 0.6 is 15.9 Å². The molecule has 0 spiro atoms. The lowest BCUT2D eigenvalue weighted by molar-refractivity contribution is 0.506. The molecule has 1 aromatic heterocycles. The number of hydrogen-bond donors (Lipinski definition) is 1. The molecule has 100 valence electrons. The molecule has 2 rings (SSSR count). The van der Waals surface area contributed by atoms with Crippen LogP contribution in [0.3, 0.4) is 0 Å². The Labute approximate surface area is 119 Å². The van der Waals surface area contributed by atoms with Gasteiger partial charge in [0.25, 0.3) is 0 Å². The molecule has 0 aliphatic rings. The van der Waals surface area contributed by atoms with Crippen LogP contribution in [-0.2, 0) is 6.54 Å². The number of pyridine rings is 1. The Bertz CT molecular complexity index is 561. The van der Waals surface area contributed by atoms with Crippen molar-refractivity contribution in [3.05, 3.63) is 63.9 Å². The van der Waals surface area contributed by atoms with Gasteiger partial charge in [-0.25, -0.2) is 8.78 Å². The monoisotopic (exact) mass is 326 g/mol. The second-order valence-corrected chi connectivity index (χ2v) is 5.07. The van der Waals surface area contributed by atoms with Crippen molar-refractivity contribution in [1.29, 1.82) is 0 Å². The summed E-state index contributed by atoms with van der Waals surface area (Å²) in [5.41, 5.74) is 1.00. The molecule has 0 aliphatic carbocycles. The molecular weight excluding hydrogens is 314 g/mol. The fourth-order valence-electron chi connectivity index (χ4n) is 1.74. The molecule has 19 heavy (non-hydrogen) atoms. The minimum atomic E-state index is -0.564. The summed E-state index contributed by atoms with van der Waals surface area (Å²) < 4.78 is 27.6. The second kappa shape index (κ2) is 6.21. The molecule has 0 saturated heterocycles. The molecule has 0 aliphatic heterocycles. The van der Waals surface area contributed by atoms with E-state index in [-0.39, 0.29) is 22.6 Å². The third-order valence-electron chi connectivity index (χ3n) is 2.91. The number of rotatable bonds is 4. The molecule has 0 saturated carbocycles. The number of benzene rings is 1. The predicted molar refractivity (Wildman–Crippen MR) is 73.5 cm³/mol. The third-order valence-corrected chi connectivity index (χ3v) is 3.52. The summed E-state index contributed by atoms with van der Waals surface area (Å²) in [4.78, 5) is 4.01. The van der Waals surface area contributed by atoms with Crippen LogP contribution in [0.15, 0.2) is 41.1 Å². The highest BCUT2D eigenvalue weighted by Crippen LogP contribution is 2.22. The Kier molecular flexibility index (Phi) is 4.61. The van der Waals surface area contributed by atoms with E-state index in [1.165, 1.54) is 12.1 Å². The molecule has 0 fully saturated rings. The van der Waals surface area contributed by atoms with E-state index >= 15 is 0 Å². The van der Waals surface area contributed by atoms with Gasteiger partial charge in [0.1, 0.15) is 11.6 Å². The average molecular weight is 327 g/mol. The molecular formula is C14H13BrF2N2. The topological polar surface area (TPSA) is 24.9 Å². The van der Waals surface area contributed by atoms with Crippen molar-refractivity contribution < 1.29 is 8.78 Å². The zero-order chi connectivity index (χ0) is 13.8. The molecule has 1 atom stereocenters. The molecule has 1 unspecified atom stereocenters. The van der Waals surface area contributed by atoms with Crippen molar-refractivity contribution in [3.8, 4) is 0 Å². The minimum absolute atomic E-state index is 0.0325. The first-order valence-corrected chi connectivity index (χ1v) is 6.64. The average Bonchev–Trinajstić information content (AvgIpc) is 2.44. The lowest BCUT2D eigenvalue weighted by Crippen LogP contribution is -2.20. The Morgan fingerprint density at radius 3 is 2.79 bits per heavy atom. The van der Waals surface area contributed by atoms with Crippen molar-refractivity contribution in [2.24, 2.45) is 0 Å². The van der Waals surface area contributed by atoms with Crippen LogP contribution in [0.25, 0.3) is 0 Å². The number of nitrogens with one attached hydrogen (secondary N) is 1. The van der Waals surface area contributed by atoms with Crippen LogP contribution in [-0.4, -0.2) is 4.98 Å². The first kappa shape index (κ1) is 14.1. The summed E-state index contributed by atoms with van der Waals surface area (Å²) in [6.45, 7) is 2.04. The van der Waals surface area contributed by atoms with E-state index in [0.717, 1.165) is 5.56 Å². The van der Waals surface area contributed by atoms with Gasteiger partial charge in [0.05, 0.1) is 4.47 Å². The van der Waals surface area contributed by atoms with Gasteiger partial charge in [0, 0.05) is 30.5 Å². The van der Waals surface area contributed by atoms with Crippen molar-refractivity contribution in [2.45, 2.75) is 19.5 Å². The van der Waals surface area contributed by atoms with Gasteiger partial charge >= 0.3 is 0 Å². The first-order valence-electron chi connectivity index (χ1n) is 5.85. The molecule has 1 aromatic carbocycles. The van der Waals surface area contributed by atoms with Crippen molar-refractivity contribution in [2.75, 3.05) is 0 Å². The lowest BCUT2D eigenvalue weighted by Gasteiger charge is -2.15. The molecule has 0 bridgehead atoms. The smallest absolute Gasteiger partial charge is 0.144 e. The molecule has 5 heteroatoms. The van der Waals surface area contributed by atoms with Gasteiger partial charge in [-0.1, -0.05) is 6.07 Å². The van der Waals surface area contributed by atoms with Crippen LogP contribution in [0.2, 0.25) is 0 Å². The first-order chi connectivity index (χ1) is 9.09. The lowest BCUT2D eigenvalue weighted by atomic mass is 10.1. The van der Waals surface area contributed by atoms with E-state index in [4.69, 9.17) is 0 Å². The van der Waals surface area contributed by atoms with Crippen LogP contribution in [0, 0.1) is 11.6 Å². The highest BCUT2D eigenvalue weighted by atomic mass is 79.9. The van der Waals surface area contributed by atoms with Crippen LogP contribution < -0.4 is 5.32 Å². The highest BCUT2D eigenvalue weighted by Gasteiger charge is 2.13. The molecule has 1 N–H and O–H groups in total. The summed E-state index contributed by atoms with van der Waals surface area (Å²) in [6.07, 6.45) is 3.41. The summed E-state index contributed by atoms with van der Waals surface area (Å²) in [5.74, 6) is -1.11. The van der Waals surface area contributed by atoms with E-state index < -0.39 is 11.6 Å². The fraction of sp³-hybridized carbons (Fsp3) is 0.214. The van der Waals surface area contributed by atoms with Crippen molar-refractivity contribution in [1.82, 2.24) is 10.3 Å². The Hall–Kier alpha value is -1.33. The quantitative estimate of drug-likeness (QED) is 0.860. The van der Waals surface area contributed by atoms with E-state index in [1.54, 1.807) is 12.4 Å². The highest BCUT2D eigenvalue weighted by molar-refractivity contribution is 9.10. The maximum Gasteiger partial charge on any atom is 0.144 e. The zero-order valence-electron chi connectivity index (χ0n) is 10.3. The minimum Gasteiger partial charge on any atom is -0.306 e. The fourth-order valence-corrected chi connectivity index (χ4v) is 2.11. The van der Waals surface area contributed by atoms with Gasteiger partial charge in [-0.3, -0.25) is 4.98 Å². The van der Waals surface area contributed by atoms with Crippen LogP contribution in [0.5, 0.6) is 0 Å². The maximum absolute atomic E-state index is 13.8. The normalized spacial score (nSPS) is 12.4. The molecule has 0 amide bonds. The predicted octanol–water partition coefficient (Wildman–Crippen LogP) is 3.97. The molecule has 0 radical (unpaired) electrons. The number of halogens is 3. The largest absolute Gasteiger partial charge is 0.306 e. The Morgan fingerprint density at radius 2 is 2.11 bits per heavy atom. The van der Waals surface area contributed by atoms with E-state index in [0.29, 0.717) is 0 Å². The number of aromatic nitrogens is 1. The van der Waals surface area contributed by atoms with Gasteiger partial charge in [-0.15, -0.1) is 0 Å². The van der Waals surface area contributed by atoms with Crippen molar-refractivity contribution >= 4 is 15.9 Å². The number of hydrogen-bond acceptors (Lipinski definition) is 2. The van der Waals surface area contributed by atoms with E-state index in [9.17, 15) is 8.78 Å². The molecule has 2 aromatic rings. The molecule has 1 heterocycles. The van der Waals surface area contributed by atoms with E-state index in [2.05, 4.69) is 26.2 Å². The summed E-state index contributed by atoms with van der Waals surface area (Å²) in [7, 11) is 0. The zero-order valence-corrected chi connectivity index (χ0v) is 11.9. The van der Waals surface area contributed by atoms with Crippen molar-refractivity contribution in [3.63, 3.8) is 0 Å². The van der Waals surface area contributed by atoms with Gasteiger partial charge < -0.3 is 5.32 Å². The Balaban J connectivity index is 2.09. The number of nitrogens with zero attached hydrogens (tertiary/aromatic N) is 1. The molecule has 2 nitrogen and oxygen atoms in total.